The van der Waals surface area contributed by atoms with Crippen LogP contribution in [0.15, 0.2) is 29.2 Å². The van der Waals surface area contributed by atoms with Gasteiger partial charge >= 0.3 is 11.7 Å². The Bertz CT molecular complexity index is 886. The summed E-state index contributed by atoms with van der Waals surface area (Å²) in [5.41, 5.74) is 0.0715. The second-order valence-corrected chi connectivity index (χ2v) is 6.87. The lowest BCUT2D eigenvalue weighted by Crippen LogP contribution is -2.48. The van der Waals surface area contributed by atoms with Gasteiger partial charge in [-0.2, -0.15) is 0 Å². The molecule has 4 rings (SSSR count). The highest BCUT2D eigenvalue weighted by molar-refractivity contribution is 5.84. The van der Waals surface area contributed by atoms with Crippen LogP contribution in [0.3, 0.4) is 0 Å². The number of pyridine rings is 1. The number of carboxylic acid groups (broad SMARTS) is 1. The zero-order chi connectivity index (χ0) is 17.6. The molecule has 2 fully saturated rings. The largest absolute Gasteiger partial charge is 0.480 e. The van der Waals surface area contributed by atoms with E-state index in [4.69, 9.17) is 0 Å². The van der Waals surface area contributed by atoms with Gasteiger partial charge in [0.15, 0.2) is 5.65 Å². The third-order valence-corrected chi connectivity index (χ3v) is 5.43. The van der Waals surface area contributed by atoms with Gasteiger partial charge in [0.25, 0.3) is 0 Å². The van der Waals surface area contributed by atoms with Crippen molar-refractivity contribution in [3.63, 3.8) is 0 Å². The molecule has 2 aliphatic rings. The summed E-state index contributed by atoms with van der Waals surface area (Å²) in [6.45, 7) is -0.229. The van der Waals surface area contributed by atoms with E-state index in [2.05, 4.69) is 5.10 Å². The van der Waals surface area contributed by atoms with E-state index in [1.165, 1.54) is 9.30 Å². The number of carboxylic acids is 1. The second kappa shape index (κ2) is 6.02. The van der Waals surface area contributed by atoms with Crippen LogP contribution in [-0.2, 0) is 16.1 Å². The summed E-state index contributed by atoms with van der Waals surface area (Å²) >= 11 is 0. The molecule has 0 bridgehead atoms. The van der Waals surface area contributed by atoms with E-state index in [0.29, 0.717) is 12.1 Å². The van der Waals surface area contributed by atoms with Crippen LogP contribution < -0.4 is 5.69 Å². The molecular weight excluding hydrogens is 324 g/mol. The fourth-order valence-electron chi connectivity index (χ4n) is 4.32. The standard InChI is InChI=1S/C17H20N4O4/c22-15(10-20-17(25)19-8-4-3-7-14(19)18-20)21-12-6-2-1-5-11(12)9-13(21)16(23)24/h3-4,7-8,11-13H,1-2,5-6,9-10H2,(H,23,24)/t11-,12-,13+/m1/s1. The molecule has 8 nitrogen and oxygen atoms in total. The first-order chi connectivity index (χ1) is 12.1. The molecule has 3 heterocycles. The molecule has 0 radical (unpaired) electrons. The molecule has 2 aromatic heterocycles. The van der Waals surface area contributed by atoms with E-state index < -0.39 is 17.7 Å². The molecule has 3 atom stereocenters. The van der Waals surface area contributed by atoms with Crippen LogP contribution in [0.1, 0.15) is 32.1 Å². The molecule has 1 amide bonds. The van der Waals surface area contributed by atoms with Crippen LogP contribution in [0.4, 0.5) is 0 Å². The Morgan fingerprint density at radius 3 is 2.80 bits per heavy atom. The van der Waals surface area contributed by atoms with Gasteiger partial charge < -0.3 is 10.0 Å². The minimum absolute atomic E-state index is 0.0323. The Balaban J connectivity index is 1.63. The van der Waals surface area contributed by atoms with Gasteiger partial charge in [-0.05, 0) is 37.3 Å². The van der Waals surface area contributed by atoms with Crippen LogP contribution in [0.25, 0.3) is 5.65 Å². The number of amides is 1. The number of aromatic nitrogens is 3. The Kier molecular flexibility index (Phi) is 3.82. The summed E-state index contributed by atoms with van der Waals surface area (Å²) in [4.78, 5) is 38.4. The summed E-state index contributed by atoms with van der Waals surface area (Å²) in [7, 11) is 0. The predicted molar refractivity (Wildman–Crippen MR) is 88.1 cm³/mol. The zero-order valence-electron chi connectivity index (χ0n) is 13.7. The molecule has 25 heavy (non-hydrogen) atoms. The highest BCUT2D eigenvalue weighted by Crippen LogP contribution is 2.39. The Hall–Kier alpha value is -2.64. The van der Waals surface area contributed by atoms with Crippen molar-refractivity contribution in [2.45, 2.75) is 50.7 Å². The minimum Gasteiger partial charge on any atom is -0.480 e. The Morgan fingerprint density at radius 2 is 2.04 bits per heavy atom. The first kappa shape index (κ1) is 15.9. The van der Waals surface area contributed by atoms with Crippen LogP contribution in [0.2, 0.25) is 0 Å². The third-order valence-electron chi connectivity index (χ3n) is 5.43. The van der Waals surface area contributed by atoms with E-state index in [9.17, 15) is 19.5 Å². The average Bonchev–Trinajstić information content (AvgIpc) is 3.14. The Labute approximate surface area is 143 Å². The fourth-order valence-corrected chi connectivity index (χ4v) is 4.32. The van der Waals surface area contributed by atoms with Crippen molar-refractivity contribution < 1.29 is 14.7 Å². The van der Waals surface area contributed by atoms with Gasteiger partial charge in [-0.25, -0.2) is 14.3 Å². The van der Waals surface area contributed by atoms with Gasteiger partial charge in [-0.15, -0.1) is 5.10 Å². The average molecular weight is 344 g/mol. The number of nitrogens with zero attached hydrogens (tertiary/aromatic N) is 4. The first-order valence-electron chi connectivity index (χ1n) is 8.64. The highest BCUT2D eigenvalue weighted by Gasteiger charge is 2.47. The normalized spacial score (nSPS) is 25.9. The summed E-state index contributed by atoms with van der Waals surface area (Å²) in [6, 6.07) is 4.34. The molecule has 132 valence electrons. The monoisotopic (exact) mass is 344 g/mol. The number of aliphatic carboxylic acids is 1. The van der Waals surface area contributed by atoms with Crippen molar-refractivity contribution in [2.24, 2.45) is 5.92 Å². The number of carbonyl (C=O) groups excluding carboxylic acids is 1. The molecule has 1 aliphatic carbocycles. The molecule has 1 saturated carbocycles. The molecule has 0 aromatic carbocycles. The van der Waals surface area contributed by atoms with Gasteiger partial charge in [0, 0.05) is 12.2 Å². The van der Waals surface area contributed by atoms with Crippen molar-refractivity contribution in [1.82, 2.24) is 19.1 Å². The van der Waals surface area contributed by atoms with Gasteiger partial charge in [0.2, 0.25) is 5.91 Å². The molecule has 1 aliphatic heterocycles. The molecule has 1 N–H and O–H groups in total. The lowest BCUT2D eigenvalue weighted by molar-refractivity contribution is -0.150. The number of likely N-dealkylation sites (tertiary alicyclic amines) is 1. The summed E-state index contributed by atoms with van der Waals surface area (Å²) < 4.78 is 2.49. The highest BCUT2D eigenvalue weighted by atomic mass is 16.4. The summed E-state index contributed by atoms with van der Waals surface area (Å²) in [6.07, 6.45) is 5.99. The van der Waals surface area contributed by atoms with E-state index >= 15 is 0 Å². The summed E-state index contributed by atoms with van der Waals surface area (Å²) in [5, 5.41) is 13.7. The van der Waals surface area contributed by atoms with Crippen molar-refractivity contribution in [3.05, 3.63) is 34.9 Å². The number of hydrogen-bond acceptors (Lipinski definition) is 4. The third kappa shape index (κ3) is 2.61. The molecule has 8 heteroatoms. The lowest BCUT2D eigenvalue weighted by atomic mass is 9.85. The van der Waals surface area contributed by atoms with Crippen LogP contribution in [0.5, 0.6) is 0 Å². The van der Waals surface area contributed by atoms with Crippen molar-refractivity contribution in [1.29, 1.82) is 0 Å². The molecule has 0 spiro atoms. The fraction of sp³-hybridized carbons (Fsp3) is 0.529. The van der Waals surface area contributed by atoms with E-state index in [0.717, 1.165) is 30.4 Å². The second-order valence-electron chi connectivity index (χ2n) is 6.87. The molecular formula is C17H20N4O4. The molecule has 1 saturated heterocycles. The van der Waals surface area contributed by atoms with Crippen molar-refractivity contribution in [2.75, 3.05) is 0 Å². The summed E-state index contributed by atoms with van der Waals surface area (Å²) in [5.74, 6) is -1.06. The van der Waals surface area contributed by atoms with E-state index in [1.807, 2.05) is 0 Å². The van der Waals surface area contributed by atoms with Gasteiger partial charge in [0.05, 0.1) is 0 Å². The minimum atomic E-state index is -0.968. The molecule has 0 unspecified atom stereocenters. The van der Waals surface area contributed by atoms with Crippen LogP contribution >= 0.6 is 0 Å². The smallest absolute Gasteiger partial charge is 0.350 e. The van der Waals surface area contributed by atoms with Crippen molar-refractivity contribution >= 4 is 17.5 Å². The SMILES string of the molecule is O=C(O)[C@@H]1C[C@H]2CCCC[C@H]2N1C(=O)Cn1nc2ccccn2c1=O. The number of fused-ring (bicyclic) bond motifs is 2. The van der Waals surface area contributed by atoms with Gasteiger partial charge in [-0.3, -0.25) is 9.20 Å². The topological polar surface area (TPSA) is 96.9 Å². The molecule has 2 aromatic rings. The van der Waals surface area contributed by atoms with E-state index in [-0.39, 0.29) is 24.4 Å². The Morgan fingerprint density at radius 1 is 1.24 bits per heavy atom. The van der Waals surface area contributed by atoms with E-state index in [1.54, 1.807) is 24.4 Å². The number of hydrogen-bond donors (Lipinski definition) is 1. The predicted octanol–water partition coefficient (Wildman–Crippen LogP) is 0.740. The van der Waals surface area contributed by atoms with Crippen molar-refractivity contribution in [3.8, 4) is 0 Å². The van der Waals surface area contributed by atoms with Crippen LogP contribution in [-0.4, -0.2) is 48.1 Å². The van der Waals surface area contributed by atoms with Gasteiger partial charge in [-0.1, -0.05) is 18.9 Å². The lowest BCUT2D eigenvalue weighted by Gasteiger charge is -2.32. The maximum absolute atomic E-state index is 12.9. The number of carbonyl (C=O) groups is 2. The van der Waals surface area contributed by atoms with Crippen LogP contribution in [0, 0.1) is 5.92 Å². The maximum atomic E-state index is 12.9. The first-order valence-corrected chi connectivity index (χ1v) is 8.64. The maximum Gasteiger partial charge on any atom is 0.350 e. The quantitative estimate of drug-likeness (QED) is 0.886. The number of rotatable bonds is 3. The van der Waals surface area contributed by atoms with Gasteiger partial charge in [0.1, 0.15) is 12.6 Å². The zero-order valence-corrected chi connectivity index (χ0v) is 13.7.